The third-order valence-electron chi connectivity index (χ3n) is 3.29. The van der Waals surface area contributed by atoms with Crippen LogP contribution in [0.25, 0.3) is 0 Å². The number of benzene rings is 1. The fraction of sp³-hybridized carbons (Fsp3) is 0.462. The van der Waals surface area contributed by atoms with E-state index in [9.17, 15) is 19.3 Å². The smallest absolute Gasteiger partial charge is 0.272 e. The van der Waals surface area contributed by atoms with E-state index in [1.807, 2.05) is 0 Å². The summed E-state index contributed by atoms with van der Waals surface area (Å²) in [4.78, 5) is 23.6. The minimum absolute atomic E-state index is 0.0903. The van der Waals surface area contributed by atoms with Crippen LogP contribution in [0.5, 0.6) is 0 Å². The number of non-ortho nitro benzene ring substituents is 1. The van der Waals surface area contributed by atoms with Crippen molar-refractivity contribution in [1.29, 1.82) is 0 Å². The Hall–Kier alpha value is -1.98. The van der Waals surface area contributed by atoms with Gasteiger partial charge in [-0.2, -0.15) is 0 Å². The molecule has 1 saturated heterocycles. The lowest BCUT2D eigenvalue weighted by Gasteiger charge is -2.20. The third-order valence-corrected chi connectivity index (χ3v) is 3.29. The fourth-order valence-electron chi connectivity index (χ4n) is 2.24. The van der Waals surface area contributed by atoms with Gasteiger partial charge < -0.3 is 4.90 Å². The Morgan fingerprint density at radius 3 is 2.37 bits per heavy atom. The summed E-state index contributed by atoms with van der Waals surface area (Å²) >= 11 is 0. The first-order valence-electron chi connectivity index (χ1n) is 6.33. The molecule has 2 rings (SSSR count). The third kappa shape index (κ3) is 3.07. The zero-order valence-corrected chi connectivity index (χ0v) is 10.5. The maximum Gasteiger partial charge on any atom is 0.272 e. The molecule has 0 saturated carbocycles. The van der Waals surface area contributed by atoms with Crippen LogP contribution in [0.15, 0.2) is 18.2 Å². The highest BCUT2D eigenvalue weighted by Crippen LogP contribution is 2.19. The first-order chi connectivity index (χ1) is 9.09. The van der Waals surface area contributed by atoms with Crippen LogP contribution in [0.4, 0.5) is 10.1 Å². The molecule has 0 N–H and O–H groups in total. The van der Waals surface area contributed by atoms with Gasteiger partial charge in [-0.05, 0) is 18.9 Å². The first-order valence-corrected chi connectivity index (χ1v) is 6.33. The second kappa shape index (κ2) is 5.77. The van der Waals surface area contributed by atoms with Crippen molar-refractivity contribution < 1.29 is 14.1 Å². The number of amides is 1. The number of likely N-dealkylation sites (tertiary alicyclic amines) is 1. The number of nitro groups is 1. The van der Waals surface area contributed by atoms with Crippen LogP contribution in [-0.2, 0) is 0 Å². The number of halogens is 1. The molecule has 0 aliphatic carbocycles. The summed E-state index contributed by atoms with van der Waals surface area (Å²) in [7, 11) is 0. The molecule has 0 spiro atoms. The van der Waals surface area contributed by atoms with Crippen LogP contribution >= 0.6 is 0 Å². The molecule has 1 aromatic carbocycles. The molecule has 1 aromatic rings. The van der Waals surface area contributed by atoms with E-state index in [4.69, 9.17) is 0 Å². The molecule has 6 heteroatoms. The van der Waals surface area contributed by atoms with Crippen LogP contribution in [0, 0.1) is 15.9 Å². The first kappa shape index (κ1) is 13.5. The van der Waals surface area contributed by atoms with Crippen molar-refractivity contribution in [3.05, 3.63) is 39.7 Å². The van der Waals surface area contributed by atoms with E-state index in [0.717, 1.165) is 37.8 Å². The molecule has 1 aliphatic rings. The summed E-state index contributed by atoms with van der Waals surface area (Å²) in [5.74, 6) is -1.21. The highest BCUT2D eigenvalue weighted by molar-refractivity contribution is 5.94. The van der Waals surface area contributed by atoms with Crippen LogP contribution < -0.4 is 0 Å². The van der Waals surface area contributed by atoms with E-state index in [1.54, 1.807) is 4.90 Å². The summed E-state index contributed by atoms with van der Waals surface area (Å²) < 4.78 is 13.8. The van der Waals surface area contributed by atoms with Gasteiger partial charge in [0.15, 0.2) is 0 Å². The standard InChI is InChI=1S/C13H15FN2O3/c14-12-9-10(16(18)19)5-6-11(12)13(17)15-7-3-1-2-4-8-15/h5-6,9H,1-4,7-8H2. The van der Waals surface area contributed by atoms with Crippen LogP contribution in [-0.4, -0.2) is 28.8 Å². The lowest BCUT2D eigenvalue weighted by Crippen LogP contribution is -2.32. The van der Waals surface area contributed by atoms with Crippen LogP contribution in [0.1, 0.15) is 36.0 Å². The quantitative estimate of drug-likeness (QED) is 0.610. The Morgan fingerprint density at radius 1 is 1.21 bits per heavy atom. The highest BCUT2D eigenvalue weighted by atomic mass is 19.1. The molecule has 0 aromatic heterocycles. The van der Waals surface area contributed by atoms with E-state index in [2.05, 4.69) is 0 Å². The van der Waals surface area contributed by atoms with Crippen molar-refractivity contribution in [2.24, 2.45) is 0 Å². The average Bonchev–Trinajstić information content (AvgIpc) is 2.66. The number of hydrogen-bond donors (Lipinski definition) is 0. The van der Waals surface area contributed by atoms with Gasteiger partial charge in [0.05, 0.1) is 16.6 Å². The number of nitro benzene ring substituents is 1. The van der Waals surface area contributed by atoms with E-state index >= 15 is 0 Å². The molecule has 1 amide bonds. The zero-order valence-electron chi connectivity index (χ0n) is 10.5. The predicted octanol–water partition coefficient (Wildman–Crippen LogP) is 2.75. The van der Waals surface area contributed by atoms with Gasteiger partial charge in [-0.3, -0.25) is 14.9 Å². The molecule has 5 nitrogen and oxygen atoms in total. The van der Waals surface area contributed by atoms with Gasteiger partial charge in [-0.15, -0.1) is 0 Å². The van der Waals surface area contributed by atoms with Crippen molar-refractivity contribution in [3.8, 4) is 0 Å². The molecule has 19 heavy (non-hydrogen) atoms. The van der Waals surface area contributed by atoms with Gasteiger partial charge in [0.25, 0.3) is 11.6 Å². The maximum atomic E-state index is 13.8. The molecular formula is C13H15FN2O3. The lowest BCUT2D eigenvalue weighted by atomic mass is 10.1. The normalized spacial score (nSPS) is 15.9. The second-order valence-electron chi connectivity index (χ2n) is 4.63. The van der Waals surface area contributed by atoms with Gasteiger partial charge >= 0.3 is 0 Å². The van der Waals surface area contributed by atoms with Gasteiger partial charge in [0.1, 0.15) is 5.82 Å². The minimum atomic E-state index is -0.830. The summed E-state index contributed by atoms with van der Waals surface area (Å²) in [6.07, 6.45) is 3.99. The predicted molar refractivity (Wildman–Crippen MR) is 67.4 cm³/mol. The average molecular weight is 266 g/mol. The number of hydrogen-bond acceptors (Lipinski definition) is 3. The van der Waals surface area contributed by atoms with E-state index in [1.165, 1.54) is 6.07 Å². The Labute approximate surface area is 110 Å². The largest absolute Gasteiger partial charge is 0.339 e. The number of nitrogens with zero attached hydrogens (tertiary/aromatic N) is 2. The van der Waals surface area contributed by atoms with Gasteiger partial charge in [0.2, 0.25) is 0 Å². The van der Waals surface area contributed by atoms with Crippen molar-refractivity contribution in [3.63, 3.8) is 0 Å². The molecule has 0 atom stereocenters. The molecule has 0 radical (unpaired) electrons. The molecule has 102 valence electrons. The van der Waals surface area contributed by atoms with Gasteiger partial charge in [-0.1, -0.05) is 12.8 Å². The minimum Gasteiger partial charge on any atom is -0.339 e. The van der Waals surface area contributed by atoms with Crippen molar-refractivity contribution >= 4 is 11.6 Å². The summed E-state index contributed by atoms with van der Waals surface area (Å²) in [6.45, 7) is 1.24. The van der Waals surface area contributed by atoms with E-state index in [0.29, 0.717) is 13.1 Å². The summed E-state index contributed by atoms with van der Waals surface area (Å²) in [5, 5.41) is 10.5. The summed E-state index contributed by atoms with van der Waals surface area (Å²) in [6, 6.07) is 3.15. The number of carbonyl (C=O) groups excluding carboxylic acids is 1. The maximum absolute atomic E-state index is 13.8. The topological polar surface area (TPSA) is 63.4 Å². The monoisotopic (exact) mass is 266 g/mol. The highest BCUT2D eigenvalue weighted by Gasteiger charge is 2.22. The van der Waals surface area contributed by atoms with E-state index in [-0.39, 0.29) is 17.2 Å². The molecule has 1 heterocycles. The van der Waals surface area contributed by atoms with Crippen LogP contribution in [0.2, 0.25) is 0 Å². The van der Waals surface area contributed by atoms with Crippen molar-refractivity contribution in [2.45, 2.75) is 25.7 Å². The van der Waals surface area contributed by atoms with Gasteiger partial charge in [0, 0.05) is 19.2 Å². The zero-order chi connectivity index (χ0) is 13.8. The fourth-order valence-corrected chi connectivity index (χ4v) is 2.24. The van der Waals surface area contributed by atoms with E-state index < -0.39 is 10.7 Å². The number of carbonyl (C=O) groups is 1. The Kier molecular flexibility index (Phi) is 4.09. The SMILES string of the molecule is O=C(c1ccc([N+](=O)[O-])cc1F)N1CCCCCC1. The number of rotatable bonds is 2. The lowest BCUT2D eigenvalue weighted by molar-refractivity contribution is -0.385. The second-order valence-corrected chi connectivity index (χ2v) is 4.63. The Balaban J connectivity index is 2.20. The molecule has 0 unspecified atom stereocenters. The Bertz CT molecular complexity index is 497. The molecule has 1 aliphatic heterocycles. The summed E-state index contributed by atoms with van der Waals surface area (Å²) in [5.41, 5.74) is -0.433. The molecule has 1 fully saturated rings. The van der Waals surface area contributed by atoms with Gasteiger partial charge in [-0.25, -0.2) is 4.39 Å². The van der Waals surface area contributed by atoms with Crippen molar-refractivity contribution in [2.75, 3.05) is 13.1 Å². The Morgan fingerprint density at radius 2 is 1.84 bits per heavy atom. The van der Waals surface area contributed by atoms with Crippen LogP contribution in [0.3, 0.4) is 0 Å². The van der Waals surface area contributed by atoms with Crippen molar-refractivity contribution in [1.82, 2.24) is 4.90 Å². The molecular weight excluding hydrogens is 251 g/mol. The molecule has 0 bridgehead atoms.